The normalized spacial score (nSPS) is 13.5. The Labute approximate surface area is 247 Å². The number of thiophene rings is 1. The molecule has 0 unspecified atom stereocenters. The number of thioether (sulfide) groups is 1. The average Bonchev–Trinajstić information content (AvgIpc) is 3.39. The summed E-state index contributed by atoms with van der Waals surface area (Å²) in [5.41, 5.74) is 1.88. The number of fused-ring (bicyclic) bond motifs is 1. The maximum Gasteiger partial charge on any atom is 0.341 e. The molecular formula is C28H35N5O6S2. The zero-order chi connectivity index (χ0) is 29.5. The van der Waals surface area contributed by atoms with E-state index in [4.69, 9.17) is 14.2 Å². The van der Waals surface area contributed by atoms with Gasteiger partial charge in [-0.2, -0.15) is 0 Å². The molecule has 11 nitrogen and oxygen atoms in total. The summed E-state index contributed by atoms with van der Waals surface area (Å²) in [5.74, 6) is 0.573. The zero-order valence-corrected chi connectivity index (χ0v) is 25.5. The second-order valence-electron chi connectivity index (χ2n) is 9.48. The molecule has 1 aromatic carbocycles. The minimum absolute atomic E-state index is 0.132. The molecule has 0 fully saturated rings. The lowest BCUT2D eigenvalue weighted by Gasteiger charge is -2.13. The third-order valence-electron chi connectivity index (χ3n) is 6.73. The molecule has 1 aliphatic rings. The minimum atomic E-state index is -0.526. The van der Waals surface area contributed by atoms with Gasteiger partial charge in [-0.1, -0.05) is 18.2 Å². The van der Waals surface area contributed by atoms with Gasteiger partial charge in [0.25, 0.3) is 5.91 Å². The SMILES string of the molecule is CCOC(=O)c1c(NC(=O)[C@H](C)Sc2nnc(CNC(=O)c3cc(OC)cc(OC)c3)n2C)sc2c1CCCCC2. The first-order valence-electron chi connectivity index (χ1n) is 13.4. The number of carbonyl (C=O) groups is 3. The van der Waals surface area contributed by atoms with E-state index in [2.05, 4.69) is 20.8 Å². The summed E-state index contributed by atoms with van der Waals surface area (Å²) in [7, 11) is 4.81. The van der Waals surface area contributed by atoms with Gasteiger partial charge in [-0.05, 0) is 57.2 Å². The summed E-state index contributed by atoms with van der Waals surface area (Å²) >= 11 is 2.71. The number of hydrogen-bond donors (Lipinski definition) is 2. The molecule has 41 heavy (non-hydrogen) atoms. The van der Waals surface area contributed by atoms with Crippen molar-refractivity contribution in [2.75, 3.05) is 26.1 Å². The van der Waals surface area contributed by atoms with Crippen LogP contribution in [0.1, 0.15) is 70.1 Å². The molecule has 2 aromatic heterocycles. The second-order valence-corrected chi connectivity index (χ2v) is 11.9. The summed E-state index contributed by atoms with van der Waals surface area (Å²) in [5, 5.41) is 14.8. The fourth-order valence-electron chi connectivity index (χ4n) is 4.48. The molecule has 0 aliphatic heterocycles. The van der Waals surface area contributed by atoms with Crippen molar-refractivity contribution in [3.63, 3.8) is 0 Å². The van der Waals surface area contributed by atoms with Crippen LogP contribution in [0.2, 0.25) is 0 Å². The Hall–Kier alpha value is -3.58. The smallest absolute Gasteiger partial charge is 0.341 e. The molecule has 13 heteroatoms. The number of amides is 2. The first kappa shape index (κ1) is 30.4. The Balaban J connectivity index is 1.41. The van der Waals surface area contributed by atoms with Crippen LogP contribution in [0.5, 0.6) is 11.5 Å². The quantitative estimate of drug-likeness (QED) is 0.186. The van der Waals surface area contributed by atoms with Crippen molar-refractivity contribution in [1.29, 1.82) is 0 Å². The number of nitrogens with one attached hydrogen (secondary N) is 2. The lowest BCUT2D eigenvalue weighted by atomic mass is 10.1. The number of nitrogens with zero attached hydrogens (tertiary/aromatic N) is 3. The molecule has 0 saturated heterocycles. The van der Waals surface area contributed by atoms with Crippen molar-refractivity contribution in [1.82, 2.24) is 20.1 Å². The van der Waals surface area contributed by atoms with Crippen LogP contribution in [0.15, 0.2) is 23.4 Å². The van der Waals surface area contributed by atoms with Gasteiger partial charge in [0.15, 0.2) is 11.0 Å². The fraction of sp³-hybridized carbons (Fsp3) is 0.464. The highest BCUT2D eigenvalue weighted by Gasteiger charge is 2.28. The molecule has 2 N–H and O–H groups in total. The van der Waals surface area contributed by atoms with Crippen LogP contribution in [0.4, 0.5) is 5.00 Å². The number of esters is 1. The van der Waals surface area contributed by atoms with E-state index >= 15 is 0 Å². The number of aryl methyl sites for hydroxylation is 1. The van der Waals surface area contributed by atoms with E-state index in [0.717, 1.165) is 42.5 Å². The van der Waals surface area contributed by atoms with Gasteiger partial charge in [0, 0.05) is 23.6 Å². The van der Waals surface area contributed by atoms with E-state index in [1.165, 1.54) is 37.3 Å². The number of carbonyl (C=O) groups excluding carboxylic acids is 3. The number of hydrogen-bond acceptors (Lipinski definition) is 10. The lowest BCUT2D eigenvalue weighted by Crippen LogP contribution is -2.25. The number of aromatic nitrogens is 3. The van der Waals surface area contributed by atoms with Crippen LogP contribution < -0.4 is 20.1 Å². The van der Waals surface area contributed by atoms with Gasteiger partial charge in [-0.3, -0.25) is 9.59 Å². The van der Waals surface area contributed by atoms with Gasteiger partial charge in [-0.25, -0.2) is 4.79 Å². The highest BCUT2D eigenvalue weighted by Crippen LogP contribution is 2.38. The summed E-state index contributed by atoms with van der Waals surface area (Å²) in [4.78, 5) is 39.9. The van der Waals surface area contributed by atoms with Crippen LogP contribution >= 0.6 is 23.1 Å². The maximum absolute atomic E-state index is 13.2. The molecule has 220 valence electrons. The minimum Gasteiger partial charge on any atom is -0.497 e. The molecule has 4 rings (SSSR count). The van der Waals surface area contributed by atoms with E-state index in [9.17, 15) is 14.4 Å². The molecular weight excluding hydrogens is 566 g/mol. The summed E-state index contributed by atoms with van der Waals surface area (Å²) in [6.07, 6.45) is 4.91. The largest absolute Gasteiger partial charge is 0.497 e. The van der Waals surface area contributed by atoms with Crippen molar-refractivity contribution >= 4 is 45.9 Å². The van der Waals surface area contributed by atoms with Crippen molar-refractivity contribution < 1.29 is 28.6 Å². The van der Waals surface area contributed by atoms with Crippen LogP contribution in [-0.4, -0.2) is 58.6 Å². The highest BCUT2D eigenvalue weighted by molar-refractivity contribution is 8.00. The number of methoxy groups -OCH3 is 2. The third-order valence-corrected chi connectivity index (χ3v) is 9.08. The van der Waals surface area contributed by atoms with Gasteiger partial charge >= 0.3 is 5.97 Å². The van der Waals surface area contributed by atoms with E-state index in [-0.39, 0.29) is 25.0 Å². The van der Waals surface area contributed by atoms with Gasteiger partial charge in [-0.15, -0.1) is 21.5 Å². The molecule has 0 spiro atoms. The Kier molecular flexibility index (Phi) is 10.3. The second kappa shape index (κ2) is 13.9. The average molecular weight is 602 g/mol. The fourth-order valence-corrected chi connectivity index (χ4v) is 6.59. The number of rotatable bonds is 11. The molecule has 1 atom stereocenters. The highest BCUT2D eigenvalue weighted by atomic mass is 32.2. The van der Waals surface area contributed by atoms with E-state index < -0.39 is 11.2 Å². The Morgan fingerprint density at radius 3 is 2.46 bits per heavy atom. The Morgan fingerprint density at radius 2 is 1.78 bits per heavy atom. The van der Waals surface area contributed by atoms with Gasteiger partial charge in [0.05, 0.1) is 38.2 Å². The van der Waals surface area contributed by atoms with E-state index in [1.54, 1.807) is 43.7 Å². The van der Waals surface area contributed by atoms with Gasteiger partial charge in [0.1, 0.15) is 16.5 Å². The summed E-state index contributed by atoms with van der Waals surface area (Å²) < 4.78 is 17.5. The van der Waals surface area contributed by atoms with Crippen LogP contribution in [0.3, 0.4) is 0 Å². The Morgan fingerprint density at radius 1 is 1.07 bits per heavy atom. The number of benzene rings is 1. The monoisotopic (exact) mass is 601 g/mol. The number of ether oxygens (including phenoxy) is 3. The van der Waals surface area contributed by atoms with Crippen molar-refractivity contribution in [2.24, 2.45) is 7.05 Å². The molecule has 3 aromatic rings. The van der Waals surface area contributed by atoms with Crippen LogP contribution in [0, 0.1) is 0 Å². The van der Waals surface area contributed by atoms with E-state index in [1.807, 2.05) is 0 Å². The van der Waals surface area contributed by atoms with Crippen molar-refractivity contribution in [2.45, 2.75) is 62.9 Å². The standard InChI is InChI=1S/C28H35N5O6S2/c1-6-39-27(36)23-20-10-8-7-9-11-21(20)41-26(23)30-24(34)16(2)40-28-32-31-22(33(28)3)15-29-25(35)17-12-18(37-4)14-19(13-17)38-5/h12-14,16H,6-11,15H2,1-5H3,(H,29,35)(H,30,34)/t16-/m0/s1. The first-order valence-corrected chi connectivity index (χ1v) is 15.1. The molecule has 2 heterocycles. The molecule has 0 radical (unpaired) electrons. The summed E-state index contributed by atoms with van der Waals surface area (Å²) in [6, 6.07) is 4.93. The van der Waals surface area contributed by atoms with E-state index in [0.29, 0.717) is 38.6 Å². The topological polar surface area (TPSA) is 134 Å². The van der Waals surface area contributed by atoms with Crippen molar-refractivity contribution in [3.8, 4) is 11.5 Å². The predicted molar refractivity (Wildman–Crippen MR) is 157 cm³/mol. The first-order chi connectivity index (χ1) is 19.7. The van der Waals surface area contributed by atoms with Crippen LogP contribution in [-0.2, 0) is 36.0 Å². The maximum atomic E-state index is 13.2. The number of anilines is 1. The van der Waals surface area contributed by atoms with Gasteiger partial charge < -0.3 is 29.4 Å². The lowest BCUT2D eigenvalue weighted by molar-refractivity contribution is -0.115. The zero-order valence-electron chi connectivity index (χ0n) is 23.9. The molecule has 1 aliphatic carbocycles. The third kappa shape index (κ3) is 7.20. The molecule has 0 bridgehead atoms. The molecule has 2 amide bonds. The van der Waals surface area contributed by atoms with Crippen LogP contribution in [0.25, 0.3) is 0 Å². The summed E-state index contributed by atoms with van der Waals surface area (Å²) in [6.45, 7) is 3.95. The van der Waals surface area contributed by atoms with Gasteiger partial charge in [0.2, 0.25) is 5.91 Å². The predicted octanol–water partition coefficient (Wildman–Crippen LogP) is 4.39. The Bertz CT molecular complexity index is 1400. The van der Waals surface area contributed by atoms with Crippen molar-refractivity contribution in [3.05, 3.63) is 45.6 Å². The molecule has 0 saturated carbocycles.